The SMILES string of the molecule is CC1=C(C)C(Cl)([Si]C2(Cl)C(C)=C(C)c3c(-c4ccc(C(C)(C)C)cc4)cccc32)c2cccc(-c3ccc(C(C)(C)C)cc3)c21. The van der Waals surface area contributed by atoms with Crippen LogP contribution in [0.3, 0.4) is 0 Å². The highest BCUT2D eigenvalue weighted by Crippen LogP contribution is 2.58. The van der Waals surface area contributed by atoms with Crippen LogP contribution in [0.5, 0.6) is 0 Å². The van der Waals surface area contributed by atoms with Gasteiger partial charge >= 0.3 is 0 Å². The number of hydrogen-bond donors (Lipinski definition) is 0. The van der Waals surface area contributed by atoms with Gasteiger partial charge in [-0.15, -0.1) is 23.2 Å². The zero-order chi connectivity index (χ0) is 32.7. The molecule has 2 unspecified atom stereocenters. The molecule has 0 fully saturated rings. The molecular weight excluding hydrogens is 603 g/mol. The highest BCUT2D eigenvalue weighted by atomic mass is 35.5. The molecule has 0 aliphatic heterocycles. The van der Waals surface area contributed by atoms with Gasteiger partial charge in [0.2, 0.25) is 0 Å². The van der Waals surface area contributed by atoms with E-state index in [1.165, 1.54) is 77.9 Å². The molecule has 2 radical (unpaired) electrons. The van der Waals surface area contributed by atoms with Gasteiger partial charge < -0.3 is 0 Å². The summed E-state index contributed by atoms with van der Waals surface area (Å²) in [5.41, 5.74) is 17.6. The summed E-state index contributed by atoms with van der Waals surface area (Å²) in [6.07, 6.45) is 0. The van der Waals surface area contributed by atoms with Crippen molar-refractivity contribution in [3.05, 3.63) is 129 Å². The van der Waals surface area contributed by atoms with Crippen molar-refractivity contribution in [3.8, 4) is 22.3 Å². The van der Waals surface area contributed by atoms with Crippen LogP contribution in [0.2, 0.25) is 0 Å². The average Bonchev–Trinajstić information content (AvgIpc) is 3.31. The maximum absolute atomic E-state index is 7.90. The lowest BCUT2D eigenvalue weighted by Crippen LogP contribution is -2.40. The fourth-order valence-electron chi connectivity index (χ4n) is 7.12. The van der Waals surface area contributed by atoms with Crippen LogP contribution in [0.1, 0.15) is 103 Å². The summed E-state index contributed by atoms with van der Waals surface area (Å²) in [6.45, 7) is 22.4. The van der Waals surface area contributed by atoms with Gasteiger partial charge in [0, 0.05) is 0 Å². The molecule has 0 aromatic heterocycles. The summed E-state index contributed by atoms with van der Waals surface area (Å²) >= 11 is 15.8. The minimum absolute atomic E-state index is 0.113. The minimum atomic E-state index is -0.698. The summed E-state index contributed by atoms with van der Waals surface area (Å²) in [4.78, 5) is 0. The smallest absolute Gasteiger partial charge is 0.114 e. The highest BCUT2D eigenvalue weighted by molar-refractivity contribution is 6.70. The second-order valence-corrected chi connectivity index (χ2v) is 18.6. The van der Waals surface area contributed by atoms with Crippen LogP contribution < -0.4 is 0 Å². The Kier molecular flexibility index (Phi) is 7.75. The molecule has 45 heavy (non-hydrogen) atoms. The molecule has 0 bridgehead atoms. The van der Waals surface area contributed by atoms with Crippen LogP contribution in [0.25, 0.3) is 33.4 Å². The van der Waals surface area contributed by atoms with E-state index in [0.717, 1.165) is 0 Å². The Balaban J connectivity index is 1.44. The largest absolute Gasteiger partial charge is 0.118 e. The normalized spacial score (nSPS) is 21.4. The van der Waals surface area contributed by atoms with Crippen molar-refractivity contribution in [2.45, 2.75) is 89.1 Å². The zero-order valence-corrected chi connectivity index (χ0v) is 30.9. The number of rotatable bonds is 4. The molecule has 0 spiro atoms. The molecule has 2 aliphatic rings. The molecule has 3 heteroatoms. The second-order valence-electron chi connectivity index (χ2n) is 15.1. The van der Waals surface area contributed by atoms with Gasteiger partial charge in [-0.2, -0.15) is 0 Å². The van der Waals surface area contributed by atoms with E-state index in [0.29, 0.717) is 0 Å². The van der Waals surface area contributed by atoms with Crippen LogP contribution in [-0.2, 0) is 19.8 Å². The molecule has 6 rings (SSSR count). The molecule has 230 valence electrons. The monoisotopic (exact) mass is 646 g/mol. The van der Waals surface area contributed by atoms with E-state index in [4.69, 9.17) is 23.2 Å². The Hall–Kier alpha value is -2.84. The first kappa shape index (κ1) is 32.1. The molecule has 0 amide bonds. The van der Waals surface area contributed by atoms with Crippen molar-refractivity contribution < 1.29 is 0 Å². The van der Waals surface area contributed by atoms with Crippen LogP contribution in [0.15, 0.2) is 96.1 Å². The van der Waals surface area contributed by atoms with Gasteiger partial charge in [0.05, 0.1) is 8.99 Å². The number of hydrogen-bond acceptors (Lipinski definition) is 0. The quantitative estimate of drug-likeness (QED) is 0.153. The van der Waals surface area contributed by atoms with E-state index in [9.17, 15) is 0 Å². The topological polar surface area (TPSA) is 0 Å². The van der Waals surface area contributed by atoms with E-state index in [-0.39, 0.29) is 20.3 Å². The number of benzene rings is 4. The Morgan fingerprint density at radius 1 is 0.489 bits per heavy atom. The maximum Gasteiger partial charge on any atom is 0.118 e. The predicted octanol–water partition coefficient (Wildman–Crippen LogP) is 12.4. The van der Waals surface area contributed by atoms with Crippen molar-refractivity contribution in [1.82, 2.24) is 0 Å². The molecule has 4 aromatic rings. The fraction of sp³-hybridized carbons (Fsp3) is 0.333. The Labute approximate surface area is 283 Å². The van der Waals surface area contributed by atoms with E-state index in [2.05, 4.69) is 154 Å². The van der Waals surface area contributed by atoms with E-state index >= 15 is 0 Å². The van der Waals surface area contributed by atoms with Gasteiger partial charge in [-0.25, -0.2) is 0 Å². The van der Waals surface area contributed by atoms with Crippen molar-refractivity contribution in [3.63, 3.8) is 0 Å². The van der Waals surface area contributed by atoms with Gasteiger partial charge in [-0.1, -0.05) is 126 Å². The molecule has 2 atom stereocenters. The van der Waals surface area contributed by atoms with Crippen molar-refractivity contribution in [2.24, 2.45) is 0 Å². The van der Waals surface area contributed by atoms with E-state index in [1.54, 1.807) is 0 Å². The van der Waals surface area contributed by atoms with Gasteiger partial charge in [-0.05, 0) is 116 Å². The van der Waals surface area contributed by atoms with Gasteiger partial charge in [0.15, 0.2) is 0 Å². The van der Waals surface area contributed by atoms with E-state index in [1.807, 2.05) is 0 Å². The van der Waals surface area contributed by atoms with Crippen LogP contribution >= 0.6 is 23.2 Å². The molecule has 2 aliphatic carbocycles. The van der Waals surface area contributed by atoms with Crippen molar-refractivity contribution in [2.75, 3.05) is 0 Å². The Morgan fingerprint density at radius 3 is 1.13 bits per heavy atom. The molecular formula is C42H44Cl2Si. The highest BCUT2D eigenvalue weighted by Gasteiger charge is 2.52. The molecule has 0 saturated heterocycles. The molecule has 4 aromatic carbocycles. The summed E-state index contributed by atoms with van der Waals surface area (Å²) in [7, 11) is 0.216. The third kappa shape index (κ3) is 5.11. The summed E-state index contributed by atoms with van der Waals surface area (Å²) in [5, 5.41) is 0. The summed E-state index contributed by atoms with van der Waals surface area (Å²) in [5.74, 6) is 0. The van der Waals surface area contributed by atoms with Crippen LogP contribution in [0, 0.1) is 0 Å². The predicted molar refractivity (Wildman–Crippen MR) is 199 cm³/mol. The van der Waals surface area contributed by atoms with E-state index < -0.39 is 8.99 Å². The second kappa shape index (κ2) is 10.9. The first-order valence-electron chi connectivity index (χ1n) is 16.0. The van der Waals surface area contributed by atoms with Crippen molar-refractivity contribution >= 4 is 43.9 Å². The average molecular weight is 648 g/mol. The van der Waals surface area contributed by atoms with Crippen molar-refractivity contribution in [1.29, 1.82) is 0 Å². The molecule has 0 N–H and O–H groups in total. The first-order valence-corrected chi connectivity index (χ1v) is 17.8. The Bertz CT molecular complexity index is 1740. The molecule has 0 heterocycles. The number of alkyl halides is 2. The number of allylic oxidation sites excluding steroid dienone is 4. The van der Waals surface area contributed by atoms with Gasteiger partial charge in [0.25, 0.3) is 0 Å². The number of halogens is 2. The lowest BCUT2D eigenvalue weighted by atomic mass is 9.85. The first-order chi connectivity index (χ1) is 21.0. The lowest BCUT2D eigenvalue weighted by molar-refractivity contribution is 0.590. The van der Waals surface area contributed by atoms with Crippen LogP contribution in [-0.4, -0.2) is 9.52 Å². The number of fused-ring (bicyclic) bond motifs is 2. The Morgan fingerprint density at radius 2 is 0.822 bits per heavy atom. The van der Waals surface area contributed by atoms with Gasteiger partial charge in [0.1, 0.15) is 9.52 Å². The third-order valence-electron chi connectivity index (χ3n) is 10.2. The fourth-order valence-corrected chi connectivity index (χ4v) is 10.6. The minimum Gasteiger partial charge on any atom is -0.114 e. The summed E-state index contributed by atoms with van der Waals surface area (Å²) in [6, 6.07) is 31.3. The lowest BCUT2D eigenvalue weighted by Gasteiger charge is -2.35. The summed E-state index contributed by atoms with van der Waals surface area (Å²) < 4.78 is -1.40. The zero-order valence-electron chi connectivity index (χ0n) is 28.3. The van der Waals surface area contributed by atoms with Gasteiger partial charge in [-0.3, -0.25) is 0 Å². The molecule has 0 saturated carbocycles. The third-order valence-corrected chi connectivity index (χ3v) is 13.8. The molecule has 0 nitrogen and oxygen atoms in total. The van der Waals surface area contributed by atoms with Crippen LogP contribution in [0.4, 0.5) is 0 Å². The standard InChI is InChI=1S/C42H44Cl2Si/c1-25-27(3)41(43,35-15-11-13-33(37(25)35)29-17-21-31(22-18-29)39(5,6)7)45-42(44)28(4)26(2)38-34(14-12-16-36(38)42)30-19-23-32(24-20-30)40(8,9)10/h11-24H,1-10H3. The maximum atomic E-state index is 7.90.